The molecule has 0 amide bonds. The number of rotatable bonds is 1. The molecule has 2 heterocycles. The SMILES string of the molecule is CC[C@@H]1CC[C@@H]2C[C@H](O)C[C@H](C)N12. The standard InChI is InChI=1S/C11H21NO/c1-3-9-4-5-10-7-11(13)6-8(2)12(9)10/h8-11,13H,3-7H2,1-2H3/t8-,9+,10+,11+/m0/s1. The summed E-state index contributed by atoms with van der Waals surface area (Å²) in [6, 6.07) is 2.08. The molecule has 2 fully saturated rings. The molecule has 4 atom stereocenters. The van der Waals surface area contributed by atoms with Crippen molar-refractivity contribution in [1.29, 1.82) is 0 Å². The van der Waals surface area contributed by atoms with Crippen LogP contribution in [-0.4, -0.2) is 34.2 Å². The van der Waals surface area contributed by atoms with Crippen LogP contribution in [0.3, 0.4) is 0 Å². The second-order valence-electron chi connectivity index (χ2n) is 4.71. The Bertz CT molecular complexity index is 183. The first-order valence-corrected chi connectivity index (χ1v) is 5.67. The van der Waals surface area contributed by atoms with Gasteiger partial charge in [0.1, 0.15) is 0 Å². The first kappa shape index (κ1) is 9.47. The van der Waals surface area contributed by atoms with E-state index >= 15 is 0 Å². The molecule has 0 aromatic heterocycles. The number of fused-ring (bicyclic) bond motifs is 1. The molecule has 0 aromatic rings. The zero-order valence-corrected chi connectivity index (χ0v) is 8.74. The van der Waals surface area contributed by atoms with Crippen LogP contribution in [0.25, 0.3) is 0 Å². The lowest BCUT2D eigenvalue weighted by atomic mass is 9.95. The summed E-state index contributed by atoms with van der Waals surface area (Å²) in [5, 5.41) is 9.66. The van der Waals surface area contributed by atoms with Crippen molar-refractivity contribution in [2.75, 3.05) is 0 Å². The zero-order chi connectivity index (χ0) is 9.42. The largest absolute Gasteiger partial charge is 0.393 e. The third-order valence-electron chi connectivity index (χ3n) is 3.81. The van der Waals surface area contributed by atoms with Crippen molar-refractivity contribution in [2.45, 2.75) is 70.2 Å². The summed E-state index contributed by atoms with van der Waals surface area (Å²) in [6.07, 6.45) is 5.88. The van der Waals surface area contributed by atoms with Gasteiger partial charge in [-0.15, -0.1) is 0 Å². The topological polar surface area (TPSA) is 23.5 Å². The fourth-order valence-corrected chi connectivity index (χ4v) is 3.28. The van der Waals surface area contributed by atoms with Crippen LogP contribution in [0.5, 0.6) is 0 Å². The van der Waals surface area contributed by atoms with Crippen molar-refractivity contribution >= 4 is 0 Å². The molecule has 13 heavy (non-hydrogen) atoms. The van der Waals surface area contributed by atoms with Gasteiger partial charge in [-0.3, -0.25) is 4.90 Å². The van der Waals surface area contributed by atoms with Gasteiger partial charge in [0.05, 0.1) is 6.10 Å². The predicted molar refractivity (Wildman–Crippen MR) is 53.6 cm³/mol. The molecule has 2 saturated heterocycles. The summed E-state index contributed by atoms with van der Waals surface area (Å²) in [5.74, 6) is 0. The summed E-state index contributed by atoms with van der Waals surface area (Å²) in [4.78, 5) is 2.66. The Morgan fingerprint density at radius 1 is 1.31 bits per heavy atom. The van der Waals surface area contributed by atoms with Crippen molar-refractivity contribution in [3.05, 3.63) is 0 Å². The third kappa shape index (κ3) is 1.62. The van der Waals surface area contributed by atoms with Crippen LogP contribution in [0, 0.1) is 0 Å². The first-order valence-electron chi connectivity index (χ1n) is 5.67. The molecule has 0 bridgehead atoms. The maximum absolute atomic E-state index is 9.66. The van der Waals surface area contributed by atoms with E-state index in [0.717, 1.165) is 18.9 Å². The third-order valence-corrected chi connectivity index (χ3v) is 3.81. The molecular formula is C11H21NO. The van der Waals surface area contributed by atoms with Crippen LogP contribution in [0.1, 0.15) is 46.0 Å². The van der Waals surface area contributed by atoms with Gasteiger partial charge in [0.2, 0.25) is 0 Å². The molecule has 0 unspecified atom stereocenters. The Balaban J connectivity index is 2.07. The van der Waals surface area contributed by atoms with Gasteiger partial charge in [-0.25, -0.2) is 0 Å². The van der Waals surface area contributed by atoms with E-state index < -0.39 is 0 Å². The molecule has 2 aliphatic rings. The highest BCUT2D eigenvalue weighted by atomic mass is 16.3. The Morgan fingerprint density at radius 3 is 2.77 bits per heavy atom. The number of hydrogen-bond acceptors (Lipinski definition) is 2. The Kier molecular flexibility index (Phi) is 2.61. The van der Waals surface area contributed by atoms with E-state index in [-0.39, 0.29) is 6.10 Å². The van der Waals surface area contributed by atoms with Gasteiger partial charge in [0.25, 0.3) is 0 Å². The summed E-state index contributed by atoms with van der Waals surface area (Å²) in [6.45, 7) is 4.55. The molecule has 0 aromatic carbocycles. The van der Waals surface area contributed by atoms with E-state index in [9.17, 15) is 5.11 Å². The molecule has 2 rings (SSSR count). The zero-order valence-electron chi connectivity index (χ0n) is 8.74. The van der Waals surface area contributed by atoms with Gasteiger partial charge in [-0.05, 0) is 39.0 Å². The van der Waals surface area contributed by atoms with Crippen LogP contribution in [-0.2, 0) is 0 Å². The number of aliphatic hydroxyl groups is 1. The van der Waals surface area contributed by atoms with Crippen LogP contribution >= 0.6 is 0 Å². The molecule has 0 saturated carbocycles. The van der Waals surface area contributed by atoms with Crippen LogP contribution in [0.2, 0.25) is 0 Å². The van der Waals surface area contributed by atoms with Crippen molar-refractivity contribution in [3.8, 4) is 0 Å². The molecule has 2 aliphatic heterocycles. The normalized spacial score (nSPS) is 46.4. The molecule has 0 spiro atoms. The highest BCUT2D eigenvalue weighted by Gasteiger charge is 2.40. The molecule has 2 nitrogen and oxygen atoms in total. The van der Waals surface area contributed by atoms with Gasteiger partial charge < -0.3 is 5.11 Å². The quantitative estimate of drug-likeness (QED) is 0.669. The van der Waals surface area contributed by atoms with Gasteiger partial charge in [0, 0.05) is 18.1 Å². The minimum atomic E-state index is -0.0353. The molecule has 76 valence electrons. The fourth-order valence-electron chi connectivity index (χ4n) is 3.28. The van der Waals surface area contributed by atoms with Crippen LogP contribution in [0.15, 0.2) is 0 Å². The Labute approximate surface area is 80.9 Å². The van der Waals surface area contributed by atoms with Gasteiger partial charge in [0.15, 0.2) is 0 Å². The number of aliphatic hydroxyl groups excluding tert-OH is 1. The second kappa shape index (κ2) is 3.58. The fraction of sp³-hybridized carbons (Fsp3) is 1.00. The average Bonchev–Trinajstić information content (AvgIpc) is 2.47. The van der Waals surface area contributed by atoms with E-state index in [0.29, 0.717) is 12.1 Å². The smallest absolute Gasteiger partial charge is 0.0570 e. The minimum absolute atomic E-state index is 0.0353. The van der Waals surface area contributed by atoms with Crippen molar-refractivity contribution in [2.24, 2.45) is 0 Å². The number of piperidine rings is 1. The summed E-state index contributed by atoms with van der Waals surface area (Å²) < 4.78 is 0. The van der Waals surface area contributed by atoms with E-state index in [1.807, 2.05) is 0 Å². The van der Waals surface area contributed by atoms with Gasteiger partial charge in [-0.1, -0.05) is 6.92 Å². The molecule has 1 N–H and O–H groups in total. The van der Waals surface area contributed by atoms with Crippen LogP contribution < -0.4 is 0 Å². The summed E-state index contributed by atoms with van der Waals surface area (Å²) >= 11 is 0. The predicted octanol–water partition coefficient (Wildman–Crippen LogP) is 1.77. The molecule has 0 aliphatic carbocycles. The lowest BCUT2D eigenvalue weighted by Crippen LogP contribution is -2.49. The van der Waals surface area contributed by atoms with E-state index in [2.05, 4.69) is 18.7 Å². The van der Waals surface area contributed by atoms with Crippen molar-refractivity contribution in [1.82, 2.24) is 4.90 Å². The highest BCUT2D eigenvalue weighted by molar-refractivity contribution is 4.95. The number of hydrogen-bond donors (Lipinski definition) is 1. The minimum Gasteiger partial charge on any atom is -0.393 e. The summed E-state index contributed by atoms with van der Waals surface area (Å²) in [5.41, 5.74) is 0. The van der Waals surface area contributed by atoms with E-state index in [4.69, 9.17) is 0 Å². The lowest BCUT2D eigenvalue weighted by molar-refractivity contribution is 0.00868. The average molecular weight is 183 g/mol. The second-order valence-corrected chi connectivity index (χ2v) is 4.71. The van der Waals surface area contributed by atoms with E-state index in [1.54, 1.807) is 0 Å². The maximum Gasteiger partial charge on any atom is 0.0570 e. The van der Waals surface area contributed by atoms with Crippen molar-refractivity contribution < 1.29 is 5.11 Å². The summed E-state index contributed by atoms with van der Waals surface area (Å²) in [7, 11) is 0. The van der Waals surface area contributed by atoms with Crippen LogP contribution in [0.4, 0.5) is 0 Å². The first-order chi connectivity index (χ1) is 6.22. The number of nitrogens with zero attached hydrogens (tertiary/aromatic N) is 1. The maximum atomic E-state index is 9.66. The van der Waals surface area contributed by atoms with Gasteiger partial charge in [-0.2, -0.15) is 0 Å². The highest BCUT2D eigenvalue weighted by Crippen LogP contribution is 2.36. The van der Waals surface area contributed by atoms with E-state index in [1.165, 1.54) is 19.3 Å². The lowest BCUT2D eigenvalue weighted by Gasteiger charge is -2.41. The van der Waals surface area contributed by atoms with Crippen molar-refractivity contribution in [3.63, 3.8) is 0 Å². The van der Waals surface area contributed by atoms with Gasteiger partial charge >= 0.3 is 0 Å². The molecular weight excluding hydrogens is 162 g/mol. The monoisotopic (exact) mass is 183 g/mol. The Hall–Kier alpha value is -0.0800. The Morgan fingerprint density at radius 2 is 2.08 bits per heavy atom. The molecule has 2 heteroatoms. The molecule has 0 radical (unpaired) electrons.